The van der Waals surface area contributed by atoms with Crippen molar-refractivity contribution in [3.05, 3.63) is 63.6 Å². The third-order valence-electron chi connectivity index (χ3n) is 4.62. The summed E-state index contributed by atoms with van der Waals surface area (Å²) in [5, 5.41) is 17.4. The number of amides is 2. The van der Waals surface area contributed by atoms with Crippen LogP contribution in [0.15, 0.2) is 42.5 Å². The molecule has 0 saturated heterocycles. The highest BCUT2D eigenvalue weighted by Crippen LogP contribution is 2.38. The fraction of sp³-hybridized carbons (Fsp3) is 0.150. The molecule has 6 heteroatoms. The third-order valence-corrected chi connectivity index (χ3v) is 5.23. The van der Waals surface area contributed by atoms with Crippen LogP contribution < -0.4 is 10.6 Å². The van der Waals surface area contributed by atoms with E-state index >= 15 is 0 Å². The molecule has 0 unspecified atom stereocenters. The van der Waals surface area contributed by atoms with Crippen molar-refractivity contribution < 1.29 is 9.90 Å². The number of phenols is 1. The van der Waals surface area contributed by atoms with E-state index in [1.54, 1.807) is 12.1 Å². The summed E-state index contributed by atoms with van der Waals surface area (Å²) < 4.78 is 0. The molecule has 0 bridgehead atoms. The monoisotopic (exact) mass is 386 g/mol. The lowest BCUT2D eigenvalue weighted by Gasteiger charge is -2.14. The molecule has 26 heavy (non-hydrogen) atoms. The number of benzene rings is 3. The van der Waals surface area contributed by atoms with E-state index in [9.17, 15) is 9.90 Å². The molecule has 0 saturated carbocycles. The van der Waals surface area contributed by atoms with Gasteiger partial charge in [-0.25, -0.2) is 4.79 Å². The number of fused-ring (bicyclic) bond motifs is 2. The van der Waals surface area contributed by atoms with E-state index in [2.05, 4.69) is 16.7 Å². The summed E-state index contributed by atoms with van der Waals surface area (Å²) in [6.45, 7) is 0. The Labute approximate surface area is 160 Å². The largest absolute Gasteiger partial charge is 0.508 e. The summed E-state index contributed by atoms with van der Waals surface area (Å²) in [5.41, 5.74) is 3.77. The molecule has 4 rings (SSSR count). The molecular weight excluding hydrogens is 371 g/mol. The van der Waals surface area contributed by atoms with Crippen molar-refractivity contribution >= 4 is 51.4 Å². The van der Waals surface area contributed by atoms with E-state index in [1.807, 2.05) is 12.1 Å². The number of carbonyl (C=O) groups excluding carboxylic acids is 1. The van der Waals surface area contributed by atoms with E-state index in [0.29, 0.717) is 26.5 Å². The van der Waals surface area contributed by atoms with Gasteiger partial charge in [-0.15, -0.1) is 0 Å². The lowest BCUT2D eigenvalue weighted by Crippen LogP contribution is -2.20. The van der Waals surface area contributed by atoms with Gasteiger partial charge in [-0.05, 0) is 66.8 Å². The zero-order valence-corrected chi connectivity index (χ0v) is 15.3. The molecule has 0 aromatic heterocycles. The molecule has 3 N–H and O–H groups in total. The summed E-state index contributed by atoms with van der Waals surface area (Å²) in [5.74, 6) is 0.0675. The average Bonchev–Trinajstić information content (AvgIpc) is 3.06. The first-order valence-corrected chi connectivity index (χ1v) is 9.07. The van der Waals surface area contributed by atoms with Gasteiger partial charge in [0.2, 0.25) is 0 Å². The molecule has 3 aromatic carbocycles. The summed E-state index contributed by atoms with van der Waals surface area (Å²) in [7, 11) is 0. The number of hydrogen-bond donors (Lipinski definition) is 3. The number of anilines is 2. The molecule has 0 spiro atoms. The number of rotatable bonds is 2. The van der Waals surface area contributed by atoms with Crippen LogP contribution in [-0.4, -0.2) is 11.1 Å². The van der Waals surface area contributed by atoms with Gasteiger partial charge in [-0.1, -0.05) is 29.3 Å². The lowest BCUT2D eigenvalue weighted by molar-refractivity contribution is 0.262. The van der Waals surface area contributed by atoms with Crippen LogP contribution in [0.4, 0.5) is 16.2 Å². The van der Waals surface area contributed by atoms with Crippen LogP contribution in [0.2, 0.25) is 10.0 Å². The van der Waals surface area contributed by atoms with Crippen molar-refractivity contribution in [2.24, 2.45) is 0 Å². The Morgan fingerprint density at radius 2 is 1.69 bits per heavy atom. The second-order valence-corrected chi connectivity index (χ2v) is 7.18. The van der Waals surface area contributed by atoms with E-state index < -0.39 is 6.03 Å². The number of phenolic OH excluding ortho intramolecular Hbond substituents is 1. The van der Waals surface area contributed by atoms with Crippen molar-refractivity contribution in [1.82, 2.24) is 0 Å². The summed E-state index contributed by atoms with van der Waals surface area (Å²) in [4.78, 5) is 12.5. The van der Waals surface area contributed by atoms with Crippen LogP contribution in [-0.2, 0) is 12.8 Å². The molecule has 0 atom stereocenters. The quantitative estimate of drug-likeness (QED) is 0.506. The Bertz CT molecular complexity index is 1030. The van der Waals surface area contributed by atoms with Crippen molar-refractivity contribution in [2.75, 3.05) is 10.6 Å². The van der Waals surface area contributed by atoms with Crippen molar-refractivity contribution in [2.45, 2.75) is 19.3 Å². The van der Waals surface area contributed by atoms with Gasteiger partial charge in [-0.2, -0.15) is 0 Å². The van der Waals surface area contributed by atoms with Crippen molar-refractivity contribution in [3.8, 4) is 5.75 Å². The Kier molecular flexibility index (Phi) is 4.39. The molecule has 3 aromatic rings. The maximum atomic E-state index is 12.5. The molecule has 4 nitrogen and oxygen atoms in total. The van der Waals surface area contributed by atoms with Crippen LogP contribution >= 0.6 is 23.2 Å². The average molecular weight is 387 g/mol. The summed E-state index contributed by atoms with van der Waals surface area (Å²) in [6, 6.07) is 11.9. The standard InChI is InChI=1S/C20H16Cl2N2O2/c21-17-10-18(22)19(16-9-14(25)6-7-15(16)17)24-20(26)23-13-5-4-11-2-1-3-12(11)8-13/h4-10,25H,1-3H2,(H2,23,24,26). The van der Waals surface area contributed by atoms with Gasteiger partial charge in [0.1, 0.15) is 5.75 Å². The minimum atomic E-state index is -0.406. The highest BCUT2D eigenvalue weighted by Gasteiger charge is 2.15. The number of halogens is 2. The Balaban J connectivity index is 1.62. The Morgan fingerprint density at radius 3 is 2.54 bits per heavy atom. The maximum Gasteiger partial charge on any atom is 0.323 e. The summed E-state index contributed by atoms with van der Waals surface area (Å²) in [6.07, 6.45) is 3.29. The summed E-state index contributed by atoms with van der Waals surface area (Å²) >= 11 is 12.5. The number of aromatic hydroxyl groups is 1. The minimum Gasteiger partial charge on any atom is -0.508 e. The predicted molar refractivity (Wildman–Crippen MR) is 107 cm³/mol. The molecule has 1 aliphatic rings. The number of aryl methyl sites for hydroxylation is 2. The van der Waals surface area contributed by atoms with Gasteiger partial charge >= 0.3 is 6.03 Å². The molecule has 132 valence electrons. The molecule has 0 aliphatic heterocycles. The van der Waals surface area contributed by atoms with Crippen LogP contribution in [0.1, 0.15) is 17.5 Å². The van der Waals surface area contributed by atoms with E-state index in [-0.39, 0.29) is 5.75 Å². The second kappa shape index (κ2) is 6.71. The Morgan fingerprint density at radius 1 is 0.885 bits per heavy atom. The third kappa shape index (κ3) is 3.18. The van der Waals surface area contributed by atoms with E-state index in [4.69, 9.17) is 23.2 Å². The zero-order chi connectivity index (χ0) is 18.3. The maximum absolute atomic E-state index is 12.5. The van der Waals surface area contributed by atoms with Crippen molar-refractivity contribution in [3.63, 3.8) is 0 Å². The first kappa shape index (κ1) is 17.0. The molecular formula is C20H16Cl2N2O2. The van der Waals surface area contributed by atoms with Crippen LogP contribution in [0, 0.1) is 0 Å². The smallest absolute Gasteiger partial charge is 0.323 e. The molecule has 1 aliphatic carbocycles. The van der Waals surface area contributed by atoms with Crippen molar-refractivity contribution in [1.29, 1.82) is 0 Å². The first-order valence-electron chi connectivity index (χ1n) is 8.32. The van der Waals surface area contributed by atoms with Gasteiger partial charge < -0.3 is 15.7 Å². The van der Waals surface area contributed by atoms with Crippen LogP contribution in [0.25, 0.3) is 10.8 Å². The van der Waals surface area contributed by atoms with Gasteiger partial charge in [0.05, 0.1) is 15.7 Å². The highest BCUT2D eigenvalue weighted by atomic mass is 35.5. The SMILES string of the molecule is O=C(Nc1ccc2c(c1)CCC2)Nc1c(Cl)cc(Cl)c2ccc(O)cc12. The molecule has 0 radical (unpaired) electrons. The Hall–Kier alpha value is -2.43. The lowest BCUT2D eigenvalue weighted by atomic mass is 10.1. The molecule has 2 amide bonds. The number of carbonyl (C=O) groups is 1. The molecule has 0 fully saturated rings. The van der Waals surface area contributed by atoms with Gasteiger partial charge in [-0.3, -0.25) is 0 Å². The fourth-order valence-corrected chi connectivity index (χ4v) is 3.98. The molecule has 0 heterocycles. The predicted octanol–water partition coefficient (Wildman–Crippen LogP) is 5.98. The van der Waals surface area contributed by atoms with E-state index in [1.165, 1.54) is 23.3 Å². The van der Waals surface area contributed by atoms with Gasteiger partial charge in [0.25, 0.3) is 0 Å². The van der Waals surface area contributed by atoms with Gasteiger partial charge in [0, 0.05) is 16.5 Å². The number of nitrogens with one attached hydrogen (secondary N) is 2. The second-order valence-electron chi connectivity index (χ2n) is 6.36. The minimum absolute atomic E-state index is 0.0675. The normalized spacial score (nSPS) is 12.8. The van der Waals surface area contributed by atoms with Crippen LogP contribution in [0.5, 0.6) is 5.75 Å². The fourth-order valence-electron chi connectivity index (χ4n) is 3.39. The van der Waals surface area contributed by atoms with Crippen LogP contribution in [0.3, 0.4) is 0 Å². The topological polar surface area (TPSA) is 61.4 Å². The van der Waals surface area contributed by atoms with Gasteiger partial charge in [0.15, 0.2) is 0 Å². The van der Waals surface area contributed by atoms with E-state index in [0.717, 1.165) is 24.9 Å². The number of urea groups is 1. The highest BCUT2D eigenvalue weighted by molar-refractivity contribution is 6.41. The number of hydrogen-bond acceptors (Lipinski definition) is 2. The first-order chi connectivity index (χ1) is 12.5. The zero-order valence-electron chi connectivity index (χ0n) is 13.8.